The summed E-state index contributed by atoms with van der Waals surface area (Å²) in [6.45, 7) is 7.51. The van der Waals surface area contributed by atoms with Crippen LogP contribution in [-0.2, 0) is 4.74 Å². The number of rotatable bonds is 3. The van der Waals surface area contributed by atoms with E-state index >= 15 is 0 Å². The SMILES string of the molecule is CCNc1nccc(N2CCOC(C)C2)n1. The van der Waals surface area contributed by atoms with Crippen LogP contribution >= 0.6 is 0 Å². The third kappa shape index (κ3) is 2.61. The first-order valence-corrected chi connectivity index (χ1v) is 5.73. The van der Waals surface area contributed by atoms with Crippen molar-refractivity contribution in [2.45, 2.75) is 20.0 Å². The Labute approximate surface area is 95.8 Å². The van der Waals surface area contributed by atoms with Crippen LogP contribution < -0.4 is 10.2 Å². The fraction of sp³-hybridized carbons (Fsp3) is 0.636. The molecule has 1 aliphatic rings. The molecule has 0 aliphatic carbocycles. The van der Waals surface area contributed by atoms with E-state index in [9.17, 15) is 0 Å². The molecule has 88 valence electrons. The topological polar surface area (TPSA) is 50.3 Å². The summed E-state index contributed by atoms with van der Waals surface area (Å²) in [6.07, 6.45) is 2.06. The highest BCUT2D eigenvalue weighted by atomic mass is 16.5. The molecule has 1 aromatic rings. The number of nitrogens with zero attached hydrogens (tertiary/aromatic N) is 3. The van der Waals surface area contributed by atoms with Gasteiger partial charge < -0.3 is 15.0 Å². The van der Waals surface area contributed by atoms with Gasteiger partial charge in [-0.25, -0.2) is 4.98 Å². The second kappa shape index (κ2) is 5.12. The molecule has 5 heteroatoms. The molecule has 1 unspecified atom stereocenters. The maximum atomic E-state index is 5.51. The molecule has 16 heavy (non-hydrogen) atoms. The number of morpholine rings is 1. The summed E-state index contributed by atoms with van der Waals surface area (Å²) in [7, 11) is 0. The van der Waals surface area contributed by atoms with Crippen molar-refractivity contribution in [3.8, 4) is 0 Å². The Hall–Kier alpha value is -1.36. The van der Waals surface area contributed by atoms with Gasteiger partial charge in [-0.3, -0.25) is 0 Å². The number of anilines is 2. The minimum Gasteiger partial charge on any atom is -0.375 e. The minimum absolute atomic E-state index is 0.270. The molecule has 1 aromatic heterocycles. The first kappa shape index (κ1) is 11.1. The van der Waals surface area contributed by atoms with Gasteiger partial charge in [-0.1, -0.05) is 0 Å². The van der Waals surface area contributed by atoms with E-state index < -0.39 is 0 Å². The fourth-order valence-electron chi connectivity index (χ4n) is 1.80. The quantitative estimate of drug-likeness (QED) is 0.831. The Morgan fingerprint density at radius 1 is 1.62 bits per heavy atom. The largest absolute Gasteiger partial charge is 0.375 e. The van der Waals surface area contributed by atoms with Gasteiger partial charge in [0, 0.05) is 25.8 Å². The minimum atomic E-state index is 0.270. The Bertz CT molecular complexity index is 345. The maximum absolute atomic E-state index is 5.51. The van der Waals surface area contributed by atoms with Crippen LogP contribution in [0.1, 0.15) is 13.8 Å². The lowest BCUT2D eigenvalue weighted by Gasteiger charge is -2.32. The van der Waals surface area contributed by atoms with Crippen molar-refractivity contribution in [3.63, 3.8) is 0 Å². The summed E-state index contributed by atoms with van der Waals surface area (Å²) in [5, 5.41) is 3.12. The lowest BCUT2D eigenvalue weighted by Crippen LogP contribution is -2.41. The number of aromatic nitrogens is 2. The maximum Gasteiger partial charge on any atom is 0.224 e. The van der Waals surface area contributed by atoms with Crippen molar-refractivity contribution in [1.82, 2.24) is 9.97 Å². The van der Waals surface area contributed by atoms with Gasteiger partial charge in [-0.05, 0) is 19.9 Å². The average molecular weight is 222 g/mol. The second-order valence-electron chi connectivity index (χ2n) is 3.90. The molecule has 0 aromatic carbocycles. The van der Waals surface area contributed by atoms with E-state index in [-0.39, 0.29) is 6.10 Å². The molecule has 1 aliphatic heterocycles. The predicted molar refractivity (Wildman–Crippen MR) is 63.8 cm³/mol. The van der Waals surface area contributed by atoms with Gasteiger partial charge in [0.25, 0.3) is 0 Å². The van der Waals surface area contributed by atoms with Gasteiger partial charge in [-0.2, -0.15) is 4.98 Å². The van der Waals surface area contributed by atoms with Crippen LogP contribution in [0, 0.1) is 0 Å². The smallest absolute Gasteiger partial charge is 0.224 e. The molecule has 2 rings (SSSR count). The van der Waals surface area contributed by atoms with Crippen LogP contribution in [0.5, 0.6) is 0 Å². The summed E-state index contributed by atoms with van der Waals surface area (Å²) >= 11 is 0. The molecular weight excluding hydrogens is 204 g/mol. The first-order chi connectivity index (χ1) is 7.79. The van der Waals surface area contributed by atoms with Gasteiger partial charge in [0.15, 0.2) is 0 Å². The average Bonchev–Trinajstić information content (AvgIpc) is 2.30. The van der Waals surface area contributed by atoms with E-state index in [2.05, 4.69) is 27.1 Å². The zero-order valence-electron chi connectivity index (χ0n) is 9.81. The van der Waals surface area contributed by atoms with Crippen LogP contribution in [0.4, 0.5) is 11.8 Å². The Morgan fingerprint density at radius 2 is 2.50 bits per heavy atom. The zero-order valence-corrected chi connectivity index (χ0v) is 9.81. The summed E-state index contributed by atoms with van der Waals surface area (Å²) in [5.74, 6) is 1.67. The number of ether oxygens (including phenoxy) is 1. The molecule has 2 heterocycles. The molecule has 1 saturated heterocycles. The van der Waals surface area contributed by atoms with Crippen molar-refractivity contribution in [3.05, 3.63) is 12.3 Å². The van der Waals surface area contributed by atoms with Crippen LogP contribution in [-0.4, -0.2) is 42.3 Å². The fourth-order valence-corrected chi connectivity index (χ4v) is 1.80. The lowest BCUT2D eigenvalue weighted by molar-refractivity contribution is 0.0529. The lowest BCUT2D eigenvalue weighted by atomic mass is 10.3. The second-order valence-corrected chi connectivity index (χ2v) is 3.90. The van der Waals surface area contributed by atoms with Gasteiger partial charge in [-0.15, -0.1) is 0 Å². The molecule has 0 spiro atoms. The number of hydrogen-bond acceptors (Lipinski definition) is 5. The Morgan fingerprint density at radius 3 is 3.25 bits per heavy atom. The van der Waals surface area contributed by atoms with E-state index in [0.717, 1.165) is 32.1 Å². The van der Waals surface area contributed by atoms with Crippen molar-refractivity contribution in [1.29, 1.82) is 0 Å². The highest BCUT2D eigenvalue weighted by Gasteiger charge is 2.18. The van der Waals surface area contributed by atoms with Crippen LogP contribution in [0.3, 0.4) is 0 Å². The summed E-state index contributed by atoms with van der Waals surface area (Å²) in [5.41, 5.74) is 0. The van der Waals surface area contributed by atoms with E-state index in [1.165, 1.54) is 0 Å². The van der Waals surface area contributed by atoms with Crippen molar-refractivity contribution in [2.75, 3.05) is 36.5 Å². The normalized spacial score (nSPS) is 20.9. The zero-order chi connectivity index (χ0) is 11.4. The molecule has 0 saturated carbocycles. The first-order valence-electron chi connectivity index (χ1n) is 5.73. The van der Waals surface area contributed by atoms with Crippen LogP contribution in [0.25, 0.3) is 0 Å². The summed E-state index contributed by atoms with van der Waals surface area (Å²) in [4.78, 5) is 10.9. The number of hydrogen-bond donors (Lipinski definition) is 1. The molecule has 0 radical (unpaired) electrons. The third-order valence-corrected chi connectivity index (χ3v) is 2.54. The summed E-state index contributed by atoms with van der Waals surface area (Å²) in [6, 6.07) is 1.94. The van der Waals surface area contributed by atoms with E-state index in [0.29, 0.717) is 5.95 Å². The number of nitrogens with one attached hydrogen (secondary N) is 1. The van der Waals surface area contributed by atoms with Crippen molar-refractivity contribution in [2.24, 2.45) is 0 Å². The third-order valence-electron chi connectivity index (χ3n) is 2.54. The van der Waals surface area contributed by atoms with Crippen LogP contribution in [0.2, 0.25) is 0 Å². The molecular formula is C11H18N4O. The Kier molecular flexibility index (Phi) is 3.56. The van der Waals surface area contributed by atoms with E-state index in [1.807, 2.05) is 13.0 Å². The van der Waals surface area contributed by atoms with Crippen LogP contribution in [0.15, 0.2) is 12.3 Å². The van der Waals surface area contributed by atoms with Crippen molar-refractivity contribution < 1.29 is 4.74 Å². The molecule has 1 fully saturated rings. The highest BCUT2D eigenvalue weighted by Crippen LogP contribution is 2.15. The molecule has 1 N–H and O–H groups in total. The van der Waals surface area contributed by atoms with Gasteiger partial charge in [0.2, 0.25) is 5.95 Å². The molecule has 0 bridgehead atoms. The van der Waals surface area contributed by atoms with Gasteiger partial charge in [0.05, 0.1) is 12.7 Å². The monoisotopic (exact) mass is 222 g/mol. The van der Waals surface area contributed by atoms with Gasteiger partial charge >= 0.3 is 0 Å². The van der Waals surface area contributed by atoms with E-state index in [1.54, 1.807) is 6.20 Å². The molecule has 1 atom stereocenters. The van der Waals surface area contributed by atoms with E-state index in [4.69, 9.17) is 4.74 Å². The van der Waals surface area contributed by atoms with Gasteiger partial charge in [0.1, 0.15) is 5.82 Å². The highest BCUT2D eigenvalue weighted by molar-refractivity contribution is 5.42. The standard InChI is InChI=1S/C11H18N4O/c1-3-12-11-13-5-4-10(14-11)15-6-7-16-9(2)8-15/h4-5,9H,3,6-8H2,1-2H3,(H,12,13,14). The molecule has 0 amide bonds. The predicted octanol–water partition coefficient (Wildman–Crippen LogP) is 1.13. The van der Waals surface area contributed by atoms with Crippen molar-refractivity contribution >= 4 is 11.8 Å². The molecule has 5 nitrogen and oxygen atoms in total. The Balaban J connectivity index is 2.09. The summed E-state index contributed by atoms with van der Waals surface area (Å²) < 4.78 is 5.51.